The molecule has 0 unspecified atom stereocenters. The van der Waals surface area contributed by atoms with E-state index < -0.39 is 0 Å². The van der Waals surface area contributed by atoms with E-state index in [1.807, 2.05) is 8.61 Å². The van der Waals surface area contributed by atoms with Crippen molar-refractivity contribution in [1.29, 1.82) is 0 Å². The lowest BCUT2D eigenvalue weighted by Crippen LogP contribution is -2.43. The van der Waals surface area contributed by atoms with Crippen LogP contribution >= 0.6 is 24.3 Å². The largest absolute Gasteiger partial charge is 0.272 e. The molecule has 3 aliphatic heterocycles. The van der Waals surface area contributed by atoms with Crippen LogP contribution in [0.2, 0.25) is 0 Å². The average molecular weight is 441 g/mol. The average Bonchev–Trinajstić information content (AvgIpc) is 3.15. The second kappa shape index (κ2) is 7.55. The first-order valence-electron chi connectivity index (χ1n) is 9.36. The molecule has 0 aliphatic carbocycles. The molecule has 3 aliphatic rings. The molecule has 1 fully saturated rings. The Kier molecular flexibility index (Phi) is 4.86. The summed E-state index contributed by atoms with van der Waals surface area (Å²) in [5.41, 5.74) is 1.63. The monoisotopic (exact) mass is 440 g/mol. The molecule has 0 saturated carbocycles. The molecule has 2 aromatic carbocycles. The summed E-state index contributed by atoms with van der Waals surface area (Å²) in [6, 6.07) is 13.5. The molecular formula is C20H16N4O4S2. The van der Waals surface area contributed by atoms with Gasteiger partial charge in [0.25, 0.3) is 23.6 Å². The quantitative estimate of drug-likeness (QED) is 0.530. The van der Waals surface area contributed by atoms with Gasteiger partial charge in [-0.05, 0) is 30.7 Å². The van der Waals surface area contributed by atoms with E-state index in [9.17, 15) is 19.2 Å². The maximum atomic E-state index is 12.6. The minimum atomic E-state index is -0.328. The van der Waals surface area contributed by atoms with Gasteiger partial charge in [0, 0.05) is 13.1 Å². The lowest BCUT2D eigenvalue weighted by atomic mass is 10.1. The fourth-order valence-electron chi connectivity index (χ4n) is 3.59. The van der Waals surface area contributed by atoms with Crippen molar-refractivity contribution in [2.24, 2.45) is 0 Å². The van der Waals surface area contributed by atoms with Crippen molar-refractivity contribution in [1.82, 2.24) is 17.2 Å². The van der Waals surface area contributed by atoms with E-state index in [4.69, 9.17) is 0 Å². The Morgan fingerprint density at radius 3 is 1.23 bits per heavy atom. The summed E-state index contributed by atoms with van der Waals surface area (Å²) in [5.74, 6) is -1.31. The molecule has 5 rings (SSSR count). The van der Waals surface area contributed by atoms with Crippen LogP contribution in [0.1, 0.15) is 47.9 Å². The SMILES string of the molecule is O=C1c2ccccc2C(=O)N1SN1CCCN(SN2C(=O)c3ccccc3C2=O)C1. The Balaban J connectivity index is 1.26. The maximum Gasteiger partial charge on any atom is 0.272 e. The van der Waals surface area contributed by atoms with Gasteiger partial charge in [-0.25, -0.2) is 8.61 Å². The number of carbonyl (C=O) groups excluding carboxylic acids is 4. The highest BCUT2D eigenvalue weighted by atomic mass is 32.2. The molecule has 4 amide bonds. The highest BCUT2D eigenvalue weighted by Gasteiger charge is 2.40. The topological polar surface area (TPSA) is 81.2 Å². The molecule has 0 atom stereocenters. The van der Waals surface area contributed by atoms with Crippen LogP contribution in [0.15, 0.2) is 48.5 Å². The summed E-state index contributed by atoms with van der Waals surface area (Å²) < 4.78 is 6.11. The number of hydrogen-bond acceptors (Lipinski definition) is 8. The summed E-state index contributed by atoms with van der Waals surface area (Å²) in [6.07, 6.45) is 0.770. The Labute approximate surface area is 181 Å². The number of hydrogen-bond donors (Lipinski definition) is 0. The zero-order valence-corrected chi connectivity index (χ0v) is 17.3. The zero-order valence-electron chi connectivity index (χ0n) is 15.7. The van der Waals surface area contributed by atoms with Crippen LogP contribution in [0.4, 0.5) is 0 Å². The maximum absolute atomic E-state index is 12.6. The summed E-state index contributed by atoms with van der Waals surface area (Å²) in [6.45, 7) is 1.74. The first-order chi connectivity index (χ1) is 14.5. The van der Waals surface area contributed by atoms with Crippen molar-refractivity contribution in [3.05, 3.63) is 70.8 Å². The molecule has 0 spiro atoms. The summed E-state index contributed by atoms with van der Waals surface area (Å²) >= 11 is 2.15. The van der Waals surface area contributed by atoms with E-state index in [1.165, 1.54) is 8.61 Å². The van der Waals surface area contributed by atoms with Gasteiger partial charge < -0.3 is 0 Å². The van der Waals surface area contributed by atoms with E-state index in [0.717, 1.165) is 30.7 Å². The first kappa shape index (κ1) is 19.3. The third-order valence-corrected chi connectivity index (χ3v) is 7.09. The summed E-state index contributed by atoms with van der Waals surface area (Å²) in [7, 11) is 0. The third kappa shape index (κ3) is 3.12. The molecule has 0 aromatic heterocycles. The lowest BCUT2D eigenvalue weighted by Gasteiger charge is -2.35. The molecular weight excluding hydrogens is 424 g/mol. The van der Waals surface area contributed by atoms with Crippen LogP contribution in [-0.4, -0.2) is 60.6 Å². The fraction of sp³-hybridized carbons (Fsp3) is 0.200. The highest BCUT2D eigenvalue weighted by molar-refractivity contribution is 7.96. The molecule has 0 radical (unpaired) electrons. The Morgan fingerprint density at radius 1 is 0.567 bits per heavy atom. The molecule has 2 aromatic rings. The van der Waals surface area contributed by atoms with Gasteiger partial charge in [-0.1, -0.05) is 24.3 Å². The number of carbonyl (C=O) groups is 4. The second-order valence-corrected chi connectivity index (χ2v) is 9.06. The number of nitrogens with zero attached hydrogens (tertiary/aromatic N) is 4. The smallest absolute Gasteiger partial charge is 0.268 e. The van der Waals surface area contributed by atoms with Crippen LogP contribution in [0.5, 0.6) is 0 Å². The number of fused-ring (bicyclic) bond motifs is 2. The van der Waals surface area contributed by atoms with Gasteiger partial charge in [0.1, 0.15) is 0 Å². The van der Waals surface area contributed by atoms with Crippen molar-refractivity contribution < 1.29 is 19.2 Å². The number of benzene rings is 2. The molecule has 152 valence electrons. The van der Waals surface area contributed by atoms with Crippen LogP contribution < -0.4 is 0 Å². The minimum absolute atomic E-state index is 0.328. The molecule has 0 N–H and O–H groups in total. The van der Waals surface area contributed by atoms with E-state index in [-0.39, 0.29) is 23.6 Å². The molecule has 10 heteroatoms. The van der Waals surface area contributed by atoms with Crippen LogP contribution in [0.3, 0.4) is 0 Å². The Hall–Kier alpha value is -2.66. The molecule has 3 heterocycles. The van der Waals surface area contributed by atoms with Gasteiger partial charge in [-0.15, -0.1) is 0 Å². The van der Waals surface area contributed by atoms with Gasteiger partial charge in [-0.2, -0.15) is 8.61 Å². The summed E-state index contributed by atoms with van der Waals surface area (Å²) in [5, 5.41) is 0. The predicted octanol–water partition coefficient (Wildman–Crippen LogP) is 2.67. The third-order valence-electron chi connectivity index (χ3n) is 5.04. The second-order valence-electron chi connectivity index (χ2n) is 6.97. The summed E-state index contributed by atoms with van der Waals surface area (Å²) in [4.78, 5) is 50.4. The van der Waals surface area contributed by atoms with Crippen molar-refractivity contribution in [2.45, 2.75) is 6.42 Å². The van der Waals surface area contributed by atoms with Crippen molar-refractivity contribution in [3.63, 3.8) is 0 Å². The molecule has 8 nitrogen and oxygen atoms in total. The van der Waals surface area contributed by atoms with Gasteiger partial charge >= 0.3 is 0 Å². The van der Waals surface area contributed by atoms with Crippen molar-refractivity contribution in [3.8, 4) is 0 Å². The van der Waals surface area contributed by atoms with Crippen LogP contribution in [0, 0.1) is 0 Å². The highest BCUT2D eigenvalue weighted by Crippen LogP contribution is 2.34. The van der Waals surface area contributed by atoms with Gasteiger partial charge in [0.2, 0.25) is 0 Å². The number of amides is 4. The Bertz CT molecular complexity index is 938. The van der Waals surface area contributed by atoms with E-state index in [2.05, 4.69) is 0 Å². The number of rotatable bonds is 4. The van der Waals surface area contributed by atoms with Crippen molar-refractivity contribution >= 4 is 47.9 Å². The fourth-order valence-corrected chi connectivity index (χ4v) is 5.62. The zero-order chi connectivity index (χ0) is 20.8. The Morgan fingerprint density at radius 2 is 0.900 bits per heavy atom. The van der Waals surface area contributed by atoms with Gasteiger partial charge in [-0.3, -0.25) is 19.2 Å². The van der Waals surface area contributed by atoms with E-state index in [1.54, 1.807) is 48.5 Å². The number of imide groups is 2. The van der Waals surface area contributed by atoms with E-state index in [0.29, 0.717) is 42.0 Å². The molecule has 1 saturated heterocycles. The van der Waals surface area contributed by atoms with Gasteiger partial charge in [0.05, 0.1) is 53.2 Å². The van der Waals surface area contributed by atoms with Gasteiger partial charge in [0.15, 0.2) is 0 Å². The van der Waals surface area contributed by atoms with Crippen LogP contribution in [-0.2, 0) is 0 Å². The first-order valence-corrected chi connectivity index (χ1v) is 10.8. The van der Waals surface area contributed by atoms with E-state index >= 15 is 0 Å². The molecule has 30 heavy (non-hydrogen) atoms. The standard InChI is InChI=1S/C20H16N4O4S2/c25-17-13-6-1-2-7-14(13)18(26)23(17)29-21-10-5-11-22(12-21)30-24-19(27)15-8-3-4-9-16(15)20(24)28/h1-4,6-9H,5,10-12H2. The normalized spacial score (nSPS) is 19.6. The minimum Gasteiger partial charge on any atom is -0.268 e. The lowest BCUT2D eigenvalue weighted by molar-refractivity contribution is 0.0759. The van der Waals surface area contributed by atoms with Crippen molar-refractivity contribution in [2.75, 3.05) is 19.8 Å². The predicted molar refractivity (Wildman–Crippen MR) is 112 cm³/mol. The van der Waals surface area contributed by atoms with Crippen LogP contribution in [0.25, 0.3) is 0 Å². The molecule has 0 bridgehead atoms.